The van der Waals surface area contributed by atoms with Crippen LogP contribution in [0.1, 0.15) is 91.0 Å². The van der Waals surface area contributed by atoms with Crippen molar-refractivity contribution in [1.29, 1.82) is 0 Å². The molecule has 0 amide bonds. The maximum absolute atomic E-state index is 15.6. The van der Waals surface area contributed by atoms with Gasteiger partial charge in [0.15, 0.2) is 18.4 Å². The summed E-state index contributed by atoms with van der Waals surface area (Å²) in [5.41, 5.74) is 1.58. The van der Waals surface area contributed by atoms with Crippen LogP contribution in [0.25, 0.3) is 0 Å². The first-order valence-electron chi connectivity index (χ1n) is 23.2. The normalized spacial score (nSPS) is 42.9. The van der Waals surface area contributed by atoms with E-state index in [1.54, 1.807) is 27.4 Å². The lowest BCUT2D eigenvalue weighted by Gasteiger charge is -2.47. The van der Waals surface area contributed by atoms with Gasteiger partial charge in [-0.15, -0.1) is 0 Å². The monoisotopic (exact) mass is 873 g/mol. The number of hydrogen-bond acceptors (Lipinski definition) is 13. The molecule has 0 aromatic heterocycles. The number of methoxy groups -OCH3 is 3. The number of Topliss-reactive ketones (excluding diaryl/α,β-unsaturated/α-hetero) is 1. The number of benzene rings is 1. The van der Waals surface area contributed by atoms with Crippen LogP contribution in [0.2, 0.25) is 0 Å². The number of cyclic esters (lactones) is 1. The number of nitrogens with one attached hydrogen (secondary N) is 1. The van der Waals surface area contributed by atoms with E-state index in [2.05, 4.69) is 37.3 Å². The molecule has 2 saturated carbocycles. The van der Waals surface area contributed by atoms with Crippen LogP contribution in [-0.2, 0) is 47.5 Å². The van der Waals surface area contributed by atoms with Gasteiger partial charge in [-0.05, 0) is 121 Å². The second-order valence-corrected chi connectivity index (χ2v) is 19.2. The van der Waals surface area contributed by atoms with E-state index in [4.69, 9.17) is 37.9 Å². The predicted octanol–water partition coefficient (Wildman–Crippen LogP) is 6.22. The molecule has 3 saturated heterocycles. The number of aliphatic hydroxyl groups excluding tert-OH is 1. The van der Waals surface area contributed by atoms with E-state index in [1.807, 2.05) is 33.8 Å². The number of esters is 1. The number of para-hydroxylation sites is 1. The second kappa shape index (κ2) is 20.3. The quantitative estimate of drug-likeness (QED) is 0.243. The molecular weight excluding hydrogens is 800 g/mol. The van der Waals surface area contributed by atoms with Crippen molar-refractivity contribution in [3.63, 3.8) is 0 Å². The molecule has 5 fully saturated rings. The van der Waals surface area contributed by atoms with Crippen molar-refractivity contribution in [2.45, 2.75) is 172 Å². The molecule has 0 radical (unpaired) electrons. The van der Waals surface area contributed by atoms with Crippen LogP contribution < -0.4 is 5.32 Å². The zero-order valence-corrected chi connectivity index (χ0v) is 38.5. The minimum atomic E-state index is -1.05. The van der Waals surface area contributed by atoms with Gasteiger partial charge in [0.25, 0.3) is 0 Å². The van der Waals surface area contributed by atoms with Gasteiger partial charge in [-0.1, -0.05) is 32.1 Å². The molecule has 13 nitrogen and oxygen atoms in total. The molecule has 6 aliphatic rings. The zero-order chi connectivity index (χ0) is 44.6. The van der Waals surface area contributed by atoms with Crippen molar-refractivity contribution in [2.24, 2.45) is 35.5 Å². The lowest BCUT2D eigenvalue weighted by Crippen LogP contribution is -2.59. The van der Waals surface area contributed by atoms with E-state index in [-0.39, 0.29) is 72.5 Å². The molecule has 348 valence electrons. The Kier molecular flexibility index (Phi) is 15.6. The molecule has 3 aliphatic carbocycles. The number of rotatable bonds is 11. The summed E-state index contributed by atoms with van der Waals surface area (Å²) >= 11 is 0. The summed E-state index contributed by atoms with van der Waals surface area (Å²) in [5.74, 6) is -3.09. The fraction of sp³-hybridized carbons (Fsp3) is 0.792. The third-order valence-electron chi connectivity index (χ3n) is 15.4. The second-order valence-electron chi connectivity index (χ2n) is 19.2. The van der Waals surface area contributed by atoms with Crippen LogP contribution in [0.3, 0.4) is 0 Å². The molecule has 0 bridgehead atoms. The molecule has 14 heteroatoms. The van der Waals surface area contributed by atoms with Crippen molar-refractivity contribution < 1.29 is 57.0 Å². The lowest BCUT2D eigenvalue weighted by molar-refractivity contribution is -0.314. The van der Waals surface area contributed by atoms with Crippen molar-refractivity contribution in [1.82, 2.24) is 4.90 Å². The molecule has 62 heavy (non-hydrogen) atoms. The summed E-state index contributed by atoms with van der Waals surface area (Å²) in [4.78, 5) is 31.2. The van der Waals surface area contributed by atoms with Gasteiger partial charge in [-0.2, -0.15) is 0 Å². The fourth-order valence-corrected chi connectivity index (χ4v) is 12.2. The molecule has 4 unspecified atom stereocenters. The van der Waals surface area contributed by atoms with Crippen LogP contribution in [0.15, 0.2) is 29.8 Å². The highest BCUT2D eigenvalue weighted by Gasteiger charge is 2.60. The Morgan fingerprint density at radius 1 is 0.903 bits per heavy atom. The average molecular weight is 873 g/mol. The fourth-order valence-electron chi connectivity index (χ4n) is 12.2. The molecule has 19 atom stereocenters. The third kappa shape index (κ3) is 9.56. The summed E-state index contributed by atoms with van der Waals surface area (Å²) in [6, 6.07) is 4.58. The number of halogens is 1. The SMILES string of the molecule is CC[C@H]1CCC[C@H](O[C@H]2CC[C@H](N(C)C)C(C)O2)[C@@H](C)C(=O)C2=C[C@H]3[C@@H]4C[C@H](O[C@@H]5OC(C)[C@H](OC)C(OC)C5OC)C[C@H]4[C@H](Nc4c(C)cccc4F)[C@@H](O)[C@H]3[C@@H]2CC(=O)O1. The Morgan fingerprint density at radius 2 is 1.63 bits per heavy atom. The van der Waals surface area contributed by atoms with Crippen molar-refractivity contribution in [3.05, 3.63) is 41.2 Å². The highest BCUT2D eigenvalue weighted by molar-refractivity contribution is 5.99. The summed E-state index contributed by atoms with van der Waals surface area (Å²) in [6.07, 6.45) is 2.36. The molecule has 3 aliphatic heterocycles. The molecular formula is C48H73FN2O11. The number of likely N-dealkylation sites (N-methyl/N-ethyl adjacent to an activating group) is 1. The van der Waals surface area contributed by atoms with E-state index >= 15 is 9.18 Å². The van der Waals surface area contributed by atoms with Crippen molar-refractivity contribution >= 4 is 17.4 Å². The van der Waals surface area contributed by atoms with E-state index in [0.717, 1.165) is 19.3 Å². The number of ether oxygens (including phenoxy) is 8. The summed E-state index contributed by atoms with van der Waals surface area (Å²) in [5, 5.41) is 16.2. The number of nitrogens with zero attached hydrogens (tertiary/aromatic N) is 1. The Labute approximate surface area is 368 Å². The molecule has 3 heterocycles. The van der Waals surface area contributed by atoms with Crippen LogP contribution in [0.4, 0.5) is 10.1 Å². The Balaban J connectivity index is 1.22. The van der Waals surface area contributed by atoms with Gasteiger partial charge in [0.1, 0.15) is 30.2 Å². The van der Waals surface area contributed by atoms with E-state index in [0.29, 0.717) is 48.9 Å². The van der Waals surface area contributed by atoms with Gasteiger partial charge >= 0.3 is 5.97 Å². The summed E-state index contributed by atoms with van der Waals surface area (Å²) < 4.78 is 65.7. The van der Waals surface area contributed by atoms with Gasteiger partial charge in [0, 0.05) is 45.1 Å². The standard InChI is InChI=1S/C48H73FN2O11/c1-11-28-15-13-17-37(62-39-19-18-36(51(6)7)26(4)58-39)25(3)43(53)34-22-31-30-20-29(61-48-47(57-10)46(56-9)45(55-8)27(5)59-48)21-33(30)42(50-41-24(2)14-12-16-35(41)49)44(54)40(31)32(34)23-38(52)60-28/h12,14,16,22,25-33,36-37,39-40,42,44-48,50,54H,11,13,15,17-21,23H2,1-10H3/t25-,26?,27?,28+,29+,30+,31+,32-,33-,36+,37+,39+,40-,42+,44+,45+,46?,47?,48+/m1/s1. The third-order valence-corrected chi connectivity index (χ3v) is 15.4. The minimum Gasteiger partial charge on any atom is -0.462 e. The number of fused-ring (bicyclic) bond motifs is 5. The van der Waals surface area contributed by atoms with Crippen LogP contribution in [0, 0.1) is 48.2 Å². The van der Waals surface area contributed by atoms with Crippen molar-refractivity contribution in [2.75, 3.05) is 40.7 Å². The van der Waals surface area contributed by atoms with Gasteiger partial charge in [-0.25, -0.2) is 4.39 Å². The van der Waals surface area contributed by atoms with Gasteiger partial charge in [-0.3, -0.25) is 9.59 Å². The Hall–Kier alpha value is -2.53. The van der Waals surface area contributed by atoms with Gasteiger partial charge < -0.3 is 53.2 Å². The number of carbonyl (C=O) groups is 2. The lowest BCUT2D eigenvalue weighted by atomic mass is 9.62. The smallest absolute Gasteiger partial charge is 0.306 e. The highest BCUT2D eigenvalue weighted by Crippen LogP contribution is 2.57. The van der Waals surface area contributed by atoms with Crippen molar-refractivity contribution in [3.8, 4) is 0 Å². The predicted molar refractivity (Wildman–Crippen MR) is 230 cm³/mol. The first-order chi connectivity index (χ1) is 29.7. The summed E-state index contributed by atoms with van der Waals surface area (Å²) in [6.45, 7) is 9.79. The van der Waals surface area contributed by atoms with Gasteiger partial charge in [0.2, 0.25) is 0 Å². The molecule has 7 rings (SSSR count). The van der Waals surface area contributed by atoms with Gasteiger partial charge in [0.05, 0.1) is 48.7 Å². The number of allylic oxidation sites excluding steroid dienone is 2. The average Bonchev–Trinajstić information content (AvgIpc) is 3.82. The largest absolute Gasteiger partial charge is 0.462 e. The minimum absolute atomic E-state index is 0.0320. The van der Waals surface area contributed by atoms with E-state index in [1.165, 1.54) is 6.07 Å². The first-order valence-corrected chi connectivity index (χ1v) is 23.2. The van der Waals surface area contributed by atoms with E-state index in [9.17, 15) is 9.90 Å². The van der Waals surface area contributed by atoms with E-state index < -0.39 is 66.6 Å². The number of aliphatic hydroxyl groups is 1. The first kappa shape index (κ1) is 47.4. The topological polar surface area (TPSA) is 143 Å². The maximum atomic E-state index is 15.6. The number of aryl methyl sites for hydroxylation is 1. The Bertz CT molecular complexity index is 1710. The number of anilines is 1. The zero-order valence-electron chi connectivity index (χ0n) is 38.5. The molecule has 1 aromatic rings. The molecule has 0 spiro atoms. The highest BCUT2D eigenvalue weighted by atomic mass is 19.1. The summed E-state index contributed by atoms with van der Waals surface area (Å²) in [7, 11) is 8.96. The maximum Gasteiger partial charge on any atom is 0.306 e. The van der Waals surface area contributed by atoms with Crippen LogP contribution >= 0.6 is 0 Å². The number of carbonyl (C=O) groups excluding carboxylic acids is 2. The Morgan fingerprint density at radius 3 is 2.29 bits per heavy atom. The molecule has 2 N–H and O–H groups in total. The number of hydrogen-bond donors (Lipinski definition) is 2. The number of ketones is 1. The van der Waals surface area contributed by atoms with Crippen LogP contribution in [-0.4, -0.2) is 137 Å². The molecule has 1 aromatic carbocycles. The van der Waals surface area contributed by atoms with Crippen LogP contribution in [0.5, 0.6) is 0 Å².